The van der Waals surface area contributed by atoms with Gasteiger partial charge in [0, 0.05) is 13.0 Å². The minimum atomic E-state index is -1.17. The maximum atomic E-state index is 11.8. The van der Waals surface area contributed by atoms with Crippen LogP contribution in [0.1, 0.15) is 31.2 Å². The van der Waals surface area contributed by atoms with Gasteiger partial charge in [0.15, 0.2) is 0 Å². The normalized spacial score (nSPS) is 12.3. The van der Waals surface area contributed by atoms with Crippen LogP contribution in [0.5, 0.6) is 0 Å². The number of aliphatic hydroxyl groups is 1. The number of terminal acetylenes is 1. The standard InChI is InChI=1S/C19H24N2O6/c1-2-3-5-10-16(18(24)25)21-17(23)11-15(22)12-20-19(26)27-13-14-8-6-4-7-9-14/h1,4,6-9,15-16,22H,3,5,10-13H2,(H,20,26)(H,21,23)(H,24,25)/t15-,16+/m1/s1. The van der Waals surface area contributed by atoms with Gasteiger partial charge in [-0.15, -0.1) is 12.3 Å². The Hall–Kier alpha value is -3.05. The molecule has 0 spiro atoms. The summed E-state index contributed by atoms with van der Waals surface area (Å²) in [5.41, 5.74) is 0.817. The molecule has 8 heteroatoms. The van der Waals surface area contributed by atoms with Gasteiger partial charge in [-0.05, 0) is 18.4 Å². The van der Waals surface area contributed by atoms with Crippen LogP contribution in [0.15, 0.2) is 30.3 Å². The number of hydrogen-bond acceptors (Lipinski definition) is 5. The highest BCUT2D eigenvalue weighted by Crippen LogP contribution is 2.03. The van der Waals surface area contributed by atoms with Crippen LogP contribution in [-0.2, 0) is 20.9 Å². The molecule has 146 valence electrons. The number of nitrogens with one attached hydrogen (secondary N) is 2. The number of alkyl carbamates (subject to hydrolysis) is 1. The van der Waals surface area contributed by atoms with Gasteiger partial charge in [0.25, 0.3) is 0 Å². The lowest BCUT2D eigenvalue weighted by Crippen LogP contribution is -2.43. The predicted molar refractivity (Wildman–Crippen MR) is 97.5 cm³/mol. The van der Waals surface area contributed by atoms with Gasteiger partial charge < -0.3 is 25.6 Å². The van der Waals surface area contributed by atoms with Crippen LogP contribution in [-0.4, -0.2) is 46.9 Å². The van der Waals surface area contributed by atoms with E-state index in [1.165, 1.54) is 0 Å². The average Bonchev–Trinajstić information content (AvgIpc) is 2.64. The summed E-state index contributed by atoms with van der Waals surface area (Å²) in [6.07, 6.45) is 3.94. The maximum absolute atomic E-state index is 11.8. The third kappa shape index (κ3) is 9.87. The van der Waals surface area contributed by atoms with E-state index in [0.29, 0.717) is 12.8 Å². The maximum Gasteiger partial charge on any atom is 0.407 e. The first-order chi connectivity index (χ1) is 12.9. The van der Waals surface area contributed by atoms with Crippen molar-refractivity contribution in [2.24, 2.45) is 0 Å². The Kier molecular flexibility index (Phi) is 10.0. The average molecular weight is 376 g/mol. The van der Waals surface area contributed by atoms with Crippen molar-refractivity contribution >= 4 is 18.0 Å². The van der Waals surface area contributed by atoms with Gasteiger partial charge in [-0.25, -0.2) is 9.59 Å². The monoisotopic (exact) mass is 376 g/mol. The zero-order valence-electron chi connectivity index (χ0n) is 14.9. The molecule has 1 rings (SSSR count). The fourth-order valence-electron chi connectivity index (χ4n) is 2.18. The van der Waals surface area contributed by atoms with E-state index in [-0.39, 0.29) is 26.0 Å². The molecule has 8 nitrogen and oxygen atoms in total. The van der Waals surface area contributed by atoms with E-state index in [1.807, 2.05) is 18.2 Å². The molecule has 0 saturated heterocycles. The number of aliphatic hydroxyl groups excluding tert-OH is 1. The van der Waals surface area contributed by atoms with Crippen molar-refractivity contribution in [3.8, 4) is 12.3 Å². The molecule has 0 bridgehead atoms. The van der Waals surface area contributed by atoms with E-state index in [9.17, 15) is 19.5 Å². The predicted octanol–water partition coefficient (Wildman–Crippen LogP) is 1.04. The number of carboxylic acid groups (broad SMARTS) is 1. The zero-order chi connectivity index (χ0) is 20.1. The first kappa shape index (κ1) is 22.0. The van der Waals surface area contributed by atoms with Crippen molar-refractivity contribution in [1.82, 2.24) is 10.6 Å². The lowest BCUT2D eigenvalue weighted by atomic mass is 10.1. The molecule has 4 N–H and O–H groups in total. The summed E-state index contributed by atoms with van der Waals surface area (Å²) in [7, 11) is 0. The van der Waals surface area contributed by atoms with Crippen LogP contribution in [0.3, 0.4) is 0 Å². The van der Waals surface area contributed by atoms with Crippen LogP contribution >= 0.6 is 0 Å². The van der Waals surface area contributed by atoms with Crippen molar-refractivity contribution in [3.63, 3.8) is 0 Å². The minimum Gasteiger partial charge on any atom is -0.480 e. The molecule has 0 heterocycles. The molecule has 0 fully saturated rings. The van der Waals surface area contributed by atoms with Gasteiger partial charge in [-0.2, -0.15) is 0 Å². The summed E-state index contributed by atoms with van der Waals surface area (Å²) in [5.74, 6) is 0.599. The fraction of sp³-hybridized carbons (Fsp3) is 0.421. The third-order valence-corrected chi connectivity index (χ3v) is 3.56. The van der Waals surface area contributed by atoms with Crippen LogP contribution in [0.2, 0.25) is 0 Å². The zero-order valence-corrected chi connectivity index (χ0v) is 14.9. The van der Waals surface area contributed by atoms with Gasteiger partial charge in [-0.3, -0.25) is 4.79 Å². The summed E-state index contributed by atoms with van der Waals surface area (Å²) in [6.45, 7) is -0.114. The van der Waals surface area contributed by atoms with E-state index >= 15 is 0 Å². The lowest BCUT2D eigenvalue weighted by Gasteiger charge is -2.16. The molecule has 0 unspecified atom stereocenters. The molecule has 0 aliphatic carbocycles. The van der Waals surface area contributed by atoms with E-state index in [0.717, 1.165) is 5.56 Å². The first-order valence-electron chi connectivity index (χ1n) is 8.50. The summed E-state index contributed by atoms with van der Waals surface area (Å²) < 4.78 is 4.98. The highest BCUT2D eigenvalue weighted by Gasteiger charge is 2.21. The van der Waals surface area contributed by atoms with Gasteiger partial charge >= 0.3 is 12.1 Å². The van der Waals surface area contributed by atoms with Gasteiger partial charge in [0.1, 0.15) is 12.6 Å². The topological polar surface area (TPSA) is 125 Å². The number of carboxylic acids is 1. The first-order valence-corrected chi connectivity index (χ1v) is 8.50. The number of benzene rings is 1. The molecular formula is C19H24N2O6. The Morgan fingerprint density at radius 2 is 1.93 bits per heavy atom. The van der Waals surface area contributed by atoms with Gasteiger partial charge in [-0.1, -0.05) is 30.3 Å². The van der Waals surface area contributed by atoms with Crippen LogP contribution < -0.4 is 10.6 Å². The molecule has 2 amide bonds. The second kappa shape index (κ2) is 12.3. The van der Waals surface area contributed by atoms with Crippen LogP contribution in [0, 0.1) is 12.3 Å². The third-order valence-electron chi connectivity index (χ3n) is 3.56. The van der Waals surface area contributed by atoms with Crippen molar-refractivity contribution in [2.45, 2.75) is 44.4 Å². The molecule has 0 aromatic heterocycles. The molecule has 0 radical (unpaired) electrons. The molecule has 1 aromatic rings. The smallest absolute Gasteiger partial charge is 0.407 e. The Balaban J connectivity index is 2.28. The number of unbranched alkanes of at least 4 members (excludes halogenated alkanes) is 1. The molecule has 0 aliphatic rings. The summed E-state index contributed by atoms with van der Waals surface area (Å²) in [5, 5.41) is 23.6. The van der Waals surface area contributed by atoms with Gasteiger partial charge in [0.05, 0.1) is 12.5 Å². The van der Waals surface area contributed by atoms with Crippen LogP contribution in [0.4, 0.5) is 4.79 Å². The number of ether oxygens (including phenoxy) is 1. The lowest BCUT2D eigenvalue weighted by molar-refractivity contribution is -0.142. The Morgan fingerprint density at radius 1 is 1.22 bits per heavy atom. The summed E-state index contributed by atoms with van der Waals surface area (Å²) in [6, 6.07) is 8.01. The number of aliphatic carboxylic acids is 1. The molecule has 27 heavy (non-hydrogen) atoms. The Morgan fingerprint density at radius 3 is 2.56 bits per heavy atom. The van der Waals surface area contributed by atoms with E-state index < -0.39 is 30.1 Å². The Labute approximate surface area is 157 Å². The number of carbonyl (C=O) groups is 3. The van der Waals surface area contributed by atoms with Crippen molar-refractivity contribution in [2.75, 3.05) is 6.54 Å². The van der Waals surface area contributed by atoms with Crippen LogP contribution in [0.25, 0.3) is 0 Å². The second-order valence-corrected chi connectivity index (χ2v) is 5.86. The number of amides is 2. The van der Waals surface area contributed by atoms with Crippen molar-refractivity contribution < 1.29 is 29.3 Å². The quantitative estimate of drug-likeness (QED) is 0.338. The number of rotatable bonds is 11. The molecular weight excluding hydrogens is 352 g/mol. The van der Waals surface area contributed by atoms with E-state index in [2.05, 4.69) is 16.6 Å². The molecule has 1 aromatic carbocycles. The van der Waals surface area contributed by atoms with E-state index in [1.54, 1.807) is 12.1 Å². The number of carbonyl (C=O) groups excluding carboxylic acids is 2. The molecule has 0 aliphatic heterocycles. The van der Waals surface area contributed by atoms with E-state index in [4.69, 9.17) is 16.3 Å². The largest absolute Gasteiger partial charge is 0.480 e. The van der Waals surface area contributed by atoms with Gasteiger partial charge in [0.2, 0.25) is 5.91 Å². The molecule has 0 saturated carbocycles. The summed E-state index contributed by atoms with van der Waals surface area (Å²) >= 11 is 0. The Bertz CT molecular complexity index is 656. The highest BCUT2D eigenvalue weighted by molar-refractivity contribution is 5.83. The number of hydrogen-bond donors (Lipinski definition) is 4. The second-order valence-electron chi connectivity index (χ2n) is 5.86. The SMILES string of the molecule is C#CCCC[C@H](NC(=O)C[C@@H](O)CNC(=O)OCc1ccccc1)C(=O)O. The molecule has 2 atom stereocenters. The van der Waals surface area contributed by atoms with Crippen molar-refractivity contribution in [3.05, 3.63) is 35.9 Å². The minimum absolute atomic E-state index is 0.0845. The summed E-state index contributed by atoms with van der Waals surface area (Å²) in [4.78, 5) is 34.5. The van der Waals surface area contributed by atoms with Crippen molar-refractivity contribution in [1.29, 1.82) is 0 Å². The highest BCUT2D eigenvalue weighted by atomic mass is 16.5. The fourth-order valence-corrected chi connectivity index (χ4v) is 2.18.